The van der Waals surface area contributed by atoms with Gasteiger partial charge in [0.1, 0.15) is 5.41 Å². The van der Waals surface area contributed by atoms with Gasteiger partial charge in [-0.25, -0.2) is 8.42 Å². The van der Waals surface area contributed by atoms with Crippen LogP contribution in [0.1, 0.15) is 11.5 Å². The van der Waals surface area contributed by atoms with Crippen molar-refractivity contribution in [1.29, 1.82) is 5.26 Å². The number of nitrogens with zero attached hydrogens (tertiary/aromatic N) is 1. The van der Waals surface area contributed by atoms with Gasteiger partial charge in [0.15, 0.2) is 21.3 Å². The Bertz CT molecular complexity index is 723. The van der Waals surface area contributed by atoms with Gasteiger partial charge in [-0.15, -0.1) is 0 Å². The molecule has 21 heavy (non-hydrogen) atoms. The van der Waals surface area contributed by atoms with Crippen LogP contribution in [0.25, 0.3) is 0 Å². The van der Waals surface area contributed by atoms with E-state index < -0.39 is 26.4 Å². The molecular formula is C14H15NO5S. The third-order valence-corrected chi connectivity index (χ3v) is 5.68. The van der Waals surface area contributed by atoms with Crippen LogP contribution in [0.4, 0.5) is 0 Å². The second kappa shape index (κ2) is 4.61. The van der Waals surface area contributed by atoms with Crippen molar-refractivity contribution in [3.05, 3.63) is 23.8 Å². The average Bonchev–Trinajstić information content (AvgIpc) is 2.88. The second-order valence-electron chi connectivity index (χ2n) is 5.43. The molecule has 0 aromatic heterocycles. The van der Waals surface area contributed by atoms with Gasteiger partial charge in [-0.05, 0) is 17.7 Å². The molecule has 1 saturated carbocycles. The SMILES string of the molecule is COC[C@]1(C#N)[C@H](c2ccc3c(c2)OCO3)[C@H]1S(C)(=O)=O. The first-order valence-electron chi connectivity index (χ1n) is 6.42. The molecule has 1 heterocycles. The summed E-state index contributed by atoms with van der Waals surface area (Å²) in [4.78, 5) is 0. The van der Waals surface area contributed by atoms with Crippen molar-refractivity contribution >= 4 is 9.84 Å². The van der Waals surface area contributed by atoms with Crippen molar-refractivity contribution in [2.24, 2.45) is 5.41 Å². The lowest BCUT2D eigenvalue weighted by Gasteiger charge is -2.07. The Balaban J connectivity index is 2.03. The molecule has 0 spiro atoms. The minimum atomic E-state index is -3.36. The fourth-order valence-electron chi connectivity index (χ4n) is 3.19. The Morgan fingerprint density at radius 1 is 1.43 bits per heavy atom. The number of rotatable bonds is 4. The van der Waals surface area contributed by atoms with E-state index in [1.54, 1.807) is 18.2 Å². The summed E-state index contributed by atoms with van der Waals surface area (Å²) in [6, 6.07) is 7.42. The molecule has 2 aliphatic rings. The summed E-state index contributed by atoms with van der Waals surface area (Å²) in [6.07, 6.45) is 1.16. The number of hydrogen-bond acceptors (Lipinski definition) is 6. The van der Waals surface area contributed by atoms with Crippen molar-refractivity contribution in [3.63, 3.8) is 0 Å². The first-order chi connectivity index (χ1) is 9.94. The first kappa shape index (κ1) is 14.2. The fraction of sp³-hybridized carbons (Fsp3) is 0.500. The van der Waals surface area contributed by atoms with E-state index in [0.717, 1.165) is 11.8 Å². The Hall–Kier alpha value is -1.78. The Labute approximate surface area is 123 Å². The lowest BCUT2D eigenvalue weighted by Crippen LogP contribution is -2.17. The van der Waals surface area contributed by atoms with E-state index in [2.05, 4.69) is 6.07 Å². The molecular weight excluding hydrogens is 294 g/mol. The quantitative estimate of drug-likeness (QED) is 0.827. The highest BCUT2D eigenvalue weighted by molar-refractivity contribution is 7.91. The molecule has 0 N–H and O–H groups in total. The normalized spacial score (nSPS) is 30.0. The standard InChI is InChI=1S/C14H15NO5S/c1-18-7-14(6-15)12(13(14)21(2,16)17)9-3-4-10-11(5-9)20-8-19-10/h3-5,12-13H,7-8H2,1-2H3/t12-,13-,14-/m1/s1. The third-order valence-electron chi connectivity index (χ3n) is 4.06. The van der Waals surface area contributed by atoms with Gasteiger partial charge in [-0.1, -0.05) is 6.07 Å². The Kier molecular flexibility index (Phi) is 3.11. The summed E-state index contributed by atoms with van der Waals surface area (Å²) in [7, 11) is -1.89. The predicted molar refractivity (Wildman–Crippen MR) is 73.9 cm³/mol. The summed E-state index contributed by atoms with van der Waals surface area (Å²) in [6.45, 7) is 0.237. The summed E-state index contributed by atoms with van der Waals surface area (Å²) in [5.74, 6) is 0.799. The van der Waals surface area contributed by atoms with E-state index in [1.165, 1.54) is 7.11 Å². The van der Waals surface area contributed by atoms with Gasteiger partial charge in [0.05, 0.1) is 17.9 Å². The van der Waals surface area contributed by atoms with Crippen molar-refractivity contribution < 1.29 is 22.6 Å². The van der Waals surface area contributed by atoms with Crippen LogP contribution in [0.3, 0.4) is 0 Å². The van der Waals surface area contributed by atoms with Crippen LogP contribution in [0.2, 0.25) is 0 Å². The second-order valence-corrected chi connectivity index (χ2v) is 7.59. The van der Waals surface area contributed by atoms with Gasteiger partial charge < -0.3 is 14.2 Å². The van der Waals surface area contributed by atoms with E-state index in [0.29, 0.717) is 11.5 Å². The molecule has 3 rings (SSSR count). The zero-order valence-electron chi connectivity index (χ0n) is 11.7. The molecule has 6 nitrogen and oxygen atoms in total. The molecule has 1 aromatic carbocycles. The third kappa shape index (κ3) is 2.06. The molecule has 112 valence electrons. The summed E-state index contributed by atoms with van der Waals surface area (Å²) in [5.41, 5.74) is -0.274. The van der Waals surface area contributed by atoms with E-state index in [4.69, 9.17) is 14.2 Å². The highest BCUT2D eigenvalue weighted by Gasteiger charge is 2.71. The van der Waals surface area contributed by atoms with Crippen LogP contribution < -0.4 is 9.47 Å². The van der Waals surface area contributed by atoms with E-state index in [1.807, 2.05) is 0 Å². The number of fused-ring (bicyclic) bond motifs is 1. The van der Waals surface area contributed by atoms with Crippen LogP contribution in [0.5, 0.6) is 11.5 Å². The molecule has 0 amide bonds. The van der Waals surface area contributed by atoms with Gasteiger partial charge in [0.2, 0.25) is 6.79 Å². The topological polar surface area (TPSA) is 85.6 Å². The van der Waals surface area contributed by atoms with Gasteiger partial charge in [0.25, 0.3) is 0 Å². The molecule has 1 aromatic rings. The molecule has 0 bridgehead atoms. The number of methoxy groups -OCH3 is 1. The van der Waals surface area contributed by atoms with Crippen LogP contribution in [-0.4, -0.2) is 40.4 Å². The molecule has 7 heteroatoms. The van der Waals surface area contributed by atoms with E-state index in [9.17, 15) is 13.7 Å². The van der Waals surface area contributed by atoms with Gasteiger partial charge >= 0.3 is 0 Å². The fourth-order valence-corrected chi connectivity index (χ4v) is 5.04. The summed E-state index contributed by atoms with van der Waals surface area (Å²) >= 11 is 0. The largest absolute Gasteiger partial charge is 0.454 e. The van der Waals surface area contributed by atoms with Gasteiger partial charge in [-0.2, -0.15) is 5.26 Å². The highest BCUT2D eigenvalue weighted by atomic mass is 32.2. The van der Waals surface area contributed by atoms with Crippen molar-refractivity contribution in [1.82, 2.24) is 0 Å². The lowest BCUT2D eigenvalue weighted by atomic mass is 10.0. The maximum absolute atomic E-state index is 12.0. The molecule has 1 aliphatic heterocycles. The Morgan fingerprint density at radius 3 is 2.76 bits per heavy atom. The van der Waals surface area contributed by atoms with E-state index >= 15 is 0 Å². The number of nitriles is 1. The van der Waals surface area contributed by atoms with Crippen LogP contribution in [0, 0.1) is 16.7 Å². The Morgan fingerprint density at radius 2 is 2.14 bits per heavy atom. The van der Waals surface area contributed by atoms with Crippen LogP contribution in [-0.2, 0) is 14.6 Å². The van der Waals surface area contributed by atoms with Crippen molar-refractivity contribution in [2.45, 2.75) is 11.2 Å². The first-order valence-corrected chi connectivity index (χ1v) is 8.38. The molecule has 0 saturated heterocycles. The molecule has 0 radical (unpaired) electrons. The predicted octanol–water partition coefficient (Wildman–Crippen LogP) is 1.08. The zero-order valence-corrected chi connectivity index (χ0v) is 12.5. The molecule has 1 fully saturated rings. The number of hydrogen-bond donors (Lipinski definition) is 0. The van der Waals surface area contributed by atoms with E-state index in [-0.39, 0.29) is 13.4 Å². The minimum absolute atomic E-state index is 0.0837. The molecule has 3 atom stereocenters. The van der Waals surface area contributed by atoms with Crippen molar-refractivity contribution in [2.75, 3.05) is 26.8 Å². The average molecular weight is 309 g/mol. The molecule has 1 aliphatic carbocycles. The zero-order chi connectivity index (χ0) is 15.3. The highest BCUT2D eigenvalue weighted by Crippen LogP contribution is 2.63. The monoisotopic (exact) mass is 309 g/mol. The smallest absolute Gasteiger partial charge is 0.231 e. The van der Waals surface area contributed by atoms with Gasteiger partial charge in [-0.3, -0.25) is 0 Å². The van der Waals surface area contributed by atoms with Gasteiger partial charge in [0, 0.05) is 19.3 Å². The summed E-state index contributed by atoms with van der Waals surface area (Å²) in [5, 5.41) is 8.74. The maximum Gasteiger partial charge on any atom is 0.231 e. The molecule has 0 unspecified atom stereocenters. The minimum Gasteiger partial charge on any atom is -0.454 e. The van der Waals surface area contributed by atoms with Crippen LogP contribution >= 0.6 is 0 Å². The lowest BCUT2D eigenvalue weighted by molar-refractivity contribution is 0.162. The number of benzene rings is 1. The maximum atomic E-state index is 12.0. The van der Waals surface area contributed by atoms with Crippen LogP contribution in [0.15, 0.2) is 18.2 Å². The number of ether oxygens (including phenoxy) is 3. The number of sulfone groups is 1. The summed E-state index contributed by atoms with van der Waals surface area (Å²) < 4.78 is 39.6. The van der Waals surface area contributed by atoms with Crippen molar-refractivity contribution in [3.8, 4) is 17.6 Å².